The van der Waals surface area contributed by atoms with Gasteiger partial charge in [0.1, 0.15) is 29.0 Å². The van der Waals surface area contributed by atoms with E-state index in [9.17, 15) is 19.5 Å². The number of benzene rings is 4. The van der Waals surface area contributed by atoms with Crippen molar-refractivity contribution in [1.29, 1.82) is 0 Å². The summed E-state index contributed by atoms with van der Waals surface area (Å²) in [6.07, 6.45) is 1.99. The first-order valence-corrected chi connectivity index (χ1v) is 18.3. The minimum absolute atomic E-state index is 0.202. The summed E-state index contributed by atoms with van der Waals surface area (Å²) in [5.41, 5.74) is 2.40. The lowest BCUT2D eigenvalue weighted by Crippen LogP contribution is -2.52. The Morgan fingerprint density at radius 2 is 1.53 bits per heavy atom. The molecule has 262 valence electrons. The Morgan fingerprint density at radius 3 is 2.27 bits per heavy atom. The number of piperidine rings is 1. The molecule has 4 aromatic carbocycles. The summed E-state index contributed by atoms with van der Waals surface area (Å²) in [7, 11) is 0. The summed E-state index contributed by atoms with van der Waals surface area (Å²) >= 11 is 5.08. The number of rotatable bonds is 14. The van der Waals surface area contributed by atoms with Crippen molar-refractivity contribution in [3.63, 3.8) is 0 Å². The molecule has 51 heavy (non-hydrogen) atoms. The zero-order valence-corrected chi connectivity index (χ0v) is 30.0. The van der Waals surface area contributed by atoms with Crippen LogP contribution in [0.2, 0.25) is 0 Å². The van der Waals surface area contributed by atoms with E-state index in [0.717, 1.165) is 48.5 Å². The predicted molar refractivity (Wildman–Crippen MR) is 197 cm³/mol. The van der Waals surface area contributed by atoms with E-state index in [4.69, 9.17) is 18.9 Å². The average Bonchev–Trinajstić information content (AvgIpc) is 3.64. The second-order valence-corrected chi connectivity index (χ2v) is 14.2. The number of thiophene rings is 1. The number of ether oxygens (including phenoxy) is 4. The summed E-state index contributed by atoms with van der Waals surface area (Å²) in [5.74, 6) is 2.11. The van der Waals surface area contributed by atoms with Crippen molar-refractivity contribution in [2.75, 3.05) is 26.4 Å². The van der Waals surface area contributed by atoms with Gasteiger partial charge in [-0.1, -0.05) is 28.1 Å². The number of nitrogens with one attached hydrogen (secondary N) is 1. The average molecular weight is 772 g/mol. The molecule has 5 aromatic rings. The third kappa shape index (κ3) is 8.03. The lowest BCUT2D eigenvalue weighted by Gasteiger charge is -2.29. The van der Waals surface area contributed by atoms with Crippen LogP contribution in [0.3, 0.4) is 0 Å². The van der Waals surface area contributed by atoms with E-state index < -0.39 is 11.9 Å². The summed E-state index contributed by atoms with van der Waals surface area (Å²) in [4.78, 5) is 39.1. The van der Waals surface area contributed by atoms with Crippen LogP contribution in [-0.4, -0.2) is 60.2 Å². The highest BCUT2D eigenvalue weighted by Crippen LogP contribution is 2.47. The number of fused-ring (bicyclic) bond motifs is 2. The first kappa shape index (κ1) is 34.5. The van der Waals surface area contributed by atoms with Crippen LogP contribution < -0.4 is 19.5 Å². The monoisotopic (exact) mass is 770 g/mol. The second-order valence-electron chi connectivity index (χ2n) is 12.3. The molecule has 2 aliphatic rings. The van der Waals surface area contributed by atoms with Crippen molar-refractivity contribution in [1.82, 2.24) is 10.2 Å². The maximum Gasteiger partial charge on any atom is 0.255 e. The molecular weight excluding hydrogens is 736 g/mol. The Hall–Kier alpha value is -4.91. The van der Waals surface area contributed by atoms with E-state index in [1.54, 1.807) is 35.6 Å². The maximum absolute atomic E-state index is 12.9. The van der Waals surface area contributed by atoms with Crippen molar-refractivity contribution >= 4 is 55.1 Å². The zero-order chi connectivity index (χ0) is 35.3. The minimum Gasteiger partial charge on any atom is -0.508 e. The van der Waals surface area contributed by atoms with Gasteiger partial charge in [0.05, 0.1) is 18.1 Å². The summed E-state index contributed by atoms with van der Waals surface area (Å²) in [5, 5.41) is 13.3. The number of phenols is 1. The molecule has 0 spiro atoms. The number of carbonyl (C=O) groups is 3. The fourth-order valence-electron chi connectivity index (χ4n) is 6.12. The van der Waals surface area contributed by atoms with Crippen molar-refractivity contribution in [3.8, 4) is 39.2 Å². The number of phenolic OH excluding ortho intramolecular Hbond substituents is 1. The Morgan fingerprint density at radius 1 is 0.824 bits per heavy atom. The molecule has 1 saturated heterocycles. The zero-order valence-electron chi connectivity index (χ0n) is 27.6. The van der Waals surface area contributed by atoms with Crippen LogP contribution in [0.4, 0.5) is 0 Å². The molecule has 1 fully saturated rings. The highest BCUT2D eigenvalue weighted by molar-refractivity contribution is 9.10. The van der Waals surface area contributed by atoms with Gasteiger partial charge in [0.2, 0.25) is 11.8 Å². The van der Waals surface area contributed by atoms with Crippen LogP contribution in [0.25, 0.3) is 20.5 Å². The lowest BCUT2D eigenvalue weighted by molar-refractivity contribution is -0.136. The highest BCUT2D eigenvalue weighted by Gasteiger charge is 2.39. The largest absolute Gasteiger partial charge is 0.508 e. The molecule has 3 amide bonds. The third-order valence-electron chi connectivity index (χ3n) is 8.68. The second kappa shape index (κ2) is 15.5. The van der Waals surface area contributed by atoms with Crippen molar-refractivity contribution in [2.24, 2.45) is 0 Å². The molecule has 3 heterocycles. The standard InChI is InChI=1S/C39H35BrN2O8S/c40-26-5-3-24(4-6-26)37-36(32-13-7-27(43)22-34(32)51-37)50-29-10-8-28(9-11-29)48-19-1-17-47-18-2-20-49-30-12-14-31-25(21-30)23-42(39(31)46)33-15-16-35(44)41-38(33)45/h3-14,21-22,33,43H,1-2,15-20,23H2,(H,41,44,45). The van der Waals surface area contributed by atoms with Crippen molar-refractivity contribution in [2.45, 2.75) is 38.3 Å². The van der Waals surface area contributed by atoms with E-state index in [-0.39, 0.29) is 24.0 Å². The summed E-state index contributed by atoms with van der Waals surface area (Å²) < 4.78 is 25.9. The van der Waals surface area contributed by atoms with Gasteiger partial charge in [0.25, 0.3) is 5.91 Å². The van der Waals surface area contributed by atoms with E-state index in [0.29, 0.717) is 62.9 Å². The van der Waals surface area contributed by atoms with Crippen LogP contribution in [0.1, 0.15) is 41.6 Å². The molecule has 0 aliphatic carbocycles. The van der Waals surface area contributed by atoms with Gasteiger partial charge in [0, 0.05) is 59.1 Å². The molecule has 2 N–H and O–H groups in total. The predicted octanol–water partition coefficient (Wildman–Crippen LogP) is 7.84. The summed E-state index contributed by atoms with van der Waals surface area (Å²) in [6.45, 7) is 2.37. The molecular formula is C39H35BrN2O8S. The number of amides is 3. The van der Waals surface area contributed by atoms with Gasteiger partial charge in [0.15, 0.2) is 5.75 Å². The lowest BCUT2D eigenvalue weighted by atomic mass is 10.0. The topological polar surface area (TPSA) is 124 Å². The number of carbonyl (C=O) groups excluding carboxylic acids is 3. The number of aromatic hydroxyl groups is 1. The minimum atomic E-state index is -0.636. The van der Waals surface area contributed by atoms with E-state index in [2.05, 4.69) is 21.2 Å². The molecule has 7 rings (SSSR count). The number of imide groups is 1. The smallest absolute Gasteiger partial charge is 0.255 e. The van der Waals surface area contributed by atoms with Gasteiger partial charge < -0.3 is 29.0 Å². The number of hydrogen-bond donors (Lipinski definition) is 2. The van der Waals surface area contributed by atoms with Gasteiger partial charge in [-0.2, -0.15) is 0 Å². The summed E-state index contributed by atoms with van der Waals surface area (Å²) in [6, 6.07) is 25.6. The quantitative estimate of drug-likeness (QED) is 0.0865. The Balaban J connectivity index is 0.817. The van der Waals surface area contributed by atoms with Crippen molar-refractivity contribution < 1.29 is 38.4 Å². The van der Waals surface area contributed by atoms with Gasteiger partial charge in [-0.05, 0) is 90.3 Å². The van der Waals surface area contributed by atoms with Gasteiger partial charge >= 0.3 is 0 Å². The van der Waals surface area contributed by atoms with Crippen LogP contribution in [-0.2, 0) is 20.9 Å². The highest BCUT2D eigenvalue weighted by atomic mass is 79.9. The Kier molecular flexibility index (Phi) is 10.5. The molecule has 0 radical (unpaired) electrons. The normalized spacial score (nSPS) is 15.6. The van der Waals surface area contributed by atoms with Gasteiger partial charge in [-0.15, -0.1) is 11.3 Å². The van der Waals surface area contributed by atoms with Crippen molar-refractivity contribution in [3.05, 3.63) is 101 Å². The molecule has 1 aromatic heterocycles. The Labute approximate surface area is 307 Å². The SMILES string of the molecule is O=C1CCC(N2Cc3cc(OCCCOCCCOc4ccc(Oc5c(-c6ccc(Br)cc6)sc6cc(O)ccc56)cc4)ccc3C2=O)C(=O)N1. The molecule has 2 aliphatic heterocycles. The van der Waals surface area contributed by atoms with E-state index in [1.807, 2.05) is 60.7 Å². The number of hydrogen-bond acceptors (Lipinski definition) is 9. The molecule has 10 nitrogen and oxygen atoms in total. The molecule has 1 atom stereocenters. The fourth-order valence-corrected chi connectivity index (χ4v) is 7.55. The molecule has 12 heteroatoms. The van der Waals surface area contributed by atoms with Crippen LogP contribution in [0.15, 0.2) is 89.4 Å². The van der Waals surface area contributed by atoms with Crippen LogP contribution >= 0.6 is 27.3 Å². The first-order chi connectivity index (χ1) is 24.8. The molecule has 0 bridgehead atoms. The third-order valence-corrected chi connectivity index (χ3v) is 10.4. The van der Waals surface area contributed by atoms with Gasteiger partial charge in [-0.25, -0.2) is 0 Å². The number of halogens is 1. The fraction of sp³-hybridized carbons (Fsp3) is 0.256. The van der Waals surface area contributed by atoms with E-state index >= 15 is 0 Å². The van der Waals surface area contributed by atoms with Crippen LogP contribution in [0.5, 0.6) is 28.7 Å². The molecule has 1 unspecified atom stereocenters. The van der Waals surface area contributed by atoms with Gasteiger partial charge in [-0.3, -0.25) is 19.7 Å². The Bertz CT molecular complexity index is 2060. The molecule has 0 saturated carbocycles. The van der Waals surface area contributed by atoms with Crippen LogP contribution in [0, 0.1) is 0 Å². The van der Waals surface area contributed by atoms with E-state index in [1.165, 1.54) is 4.90 Å². The maximum atomic E-state index is 12.9. The first-order valence-electron chi connectivity index (χ1n) is 16.7. The number of nitrogens with zero attached hydrogens (tertiary/aromatic N) is 1.